The van der Waals surface area contributed by atoms with Crippen molar-refractivity contribution in [1.29, 1.82) is 0 Å². The van der Waals surface area contributed by atoms with Gasteiger partial charge in [0.05, 0.1) is 10.7 Å². The number of aryl methyl sites for hydroxylation is 2. The SMILES string of the molecule is Cc1ccc(-c2ccc(C#Cc3csc(C)n3)cn2)cc1. The van der Waals surface area contributed by atoms with Gasteiger partial charge >= 0.3 is 0 Å². The maximum absolute atomic E-state index is 4.48. The van der Waals surface area contributed by atoms with E-state index in [4.69, 9.17) is 0 Å². The van der Waals surface area contributed by atoms with Crippen LogP contribution in [0.15, 0.2) is 48.0 Å². The lowest BCUT2D eigenvalue weighted by Crippen LogP contribution is -1.85. The summed E-state index contributed by atoms with van der Waals surface area (Å²) in [7, 11) is 0. The molecule has 3 heteroatoms. The molecule has 2 heterocycles. The molecule has 3 rings (SSSR count). The minimum Gasteiger partial charge on any atom is -0.255 e. The Labute approximate surface area is 128 Å². The summed E-state index contributed by atoms with van der Waals surface area (Å²) < 4.78 is 0. The van der Waals surface area contributed by atoms with Crippen LogP contribution in [0.2, 0.25) is 0 Å². The van der Waals surface area contributed by atoms with Gasteiger partial charge in [0.2, 0.25) is 0 Å². The second kappa shape index (κ2) is 5.90. The van der Waals surface area contributed by atoms with E-state index in [2.05, 4.69) is 53.0 Å². The zero-order valence-corrected chi connectivity index (χ0v) is 12.7. The highest BCUT2D eigenvalue weighted by molar-refractivity contribution is 7.09. The molecule has 0 spiro atoms. The van der Waals surface area contributed by atoms with Crippen LogP contribution in [0.5, 0.6) is 0 Å². The van der Waals surface area contributed by atoms with Crippen LogP contribution in [0, 0.1) is 25.7 Å². The molecule has 0 unspecified atom stereocenters. The lowest BCUT2D eigenvalue weighted by atomic mass is 10.1. The van der Waals surface area contributed by atoms with Gasteiger partial charge < -0.3 is 0 Å². The van der Waals surface area contributed by atoms with Gasteiger partial charge in [-0.2, -0.15) is 0 Å². The van der Waals surface area contributed by atoms with Crippen LogP contribution in [-0.2, 0) is 0 Å². The van der Waals surface area contributed by atoms with E-state index in [-0.39, 0.29) is 0 Å². The third kappa shape index (κ3) is 3.36. The number of thiazole rings is 1. The summed E-state index contributed by atoms with van der Waals surface area (Å²) in [5.74, 6) is 6.15. The first-order valence-corrected chi connectivity index (χ1v) is 7.56. The number of pyridine rings is 1. The molecule has 1 aromatic carbocycles. The van der Waals surface area contributed by atoms with Gasteiger partial charge in [-0.05, 0) is 31.9 Å². The summed E-state index contributed by atoms with van der Waals surface area (Å²) >= 11 is 1.61. The Morgan fingerprint density at radius 1 is 0.952 bits per heavy atom. The lowest BCUT2D eigenvalue weighted by molar-refractivity contribution is 1.27. The number of nitrogens with zero attached hydrogens (tertiary/aromatic N) is 2. The van der Waals surface area contributed by atoms with Gasteiger partial charge in [0, 0.05) is 22.7 Å². The van der Waals surface area contributed by atoms with Crippen molar-refractivity contribution in [3.8, 4) is 23.1 Å². The molecule has 0 bridgehead atoms. The first-order chi connectivity index (χ1) is 10.2. The fourth-order valence-electron chi connectivity index (χ4n) is 1.92. The highest BCUT2D eigenvalue weighted by Gasteiger charge is 1.98. The maximum atomic E-state index is 4.48. The molecule has 0 radical (unpaired) electrons. The zero-order chi connectivity index (χ0) is 14.7. The fraction of sp³-hybridized carbons (Fsp3) is 0.111. The first-order valence-electron chi connectivity index (χ1n) is 6.68. The predicted molar refractivity (Wildman–Crippen MR) is 87.2 cm³/mol. The van der Waals surface area contributed by atoms with E-state index in [1.807, 2.05) is 24.4 Å². The average Bonchev–Trinajstić information content (AvgIpc) is 2.92. The van der Waals surface area contributed by atoms with Crippen LogP contribution >= 0.6 is 11.3 Å². The Balaban J connectivity index is 1.81. The summed E-state index contributed by atoms with van der Waals surface area (Å²) in [5.41, 5.74) is 5.05. The summed E-state index contributed by atoms with van der Waals surface area (Å²) in [6.45, 7) is 4.06. The third-order valence-corrected chi connectivity index (χ3v) is 3.84. The predicted octanol–water partition coefficient (Wildman–Crippen LogP) is 4.22. The molecular formula is C18H14N2S. The number of rotatable bonds is 1. The topological polar surface area (TPSA) is 25.8 Å². The van der Waals surface area contributed by atoms with Crippen LogP contribution < -0.4 is 0 Å². The number of hydrogen-bond donors (Lipinski definition) is 0. The van der Waals surface area contributed by atoms with E-state index >= 15 is 0 Å². The normalized spacial score (nSPS) is 10.0. The molecule has 0 amide bonds. The first kappa shape index (κ1) is 13.5. The molecule has 0 N–H and O–H groups in total. The van der Waals surface area contributed by atoms with Crippen LogP contribution in [0.3, 0.4) is 0 Å². The van der Waals surface area contributed by atoms with E-state index in [1.54, 1.807) is 17.5 Å². The van der Waals surface area contributed by atoms with Gasteiger partial charge in [0.1, 0.15) is 5.69 Å². The molecule has 21 heavy (non-hydrogen) atoms. The Morgan fingerprint density at radius 3 is 2.38 bits per heavy atom. The standard InChI is InChI=1S/C18H14N2S/c1-13-3-7-16(8-4-13)18-10-6-15(11-19-18)5-9-17-12-21-14(2)20-17/h3-4,6-8,10-12H,1-2H3. The maximum Gasteiger partial charge on any atom is 0.124 e. The van der Waals surface area contributed by atoms with Crippen LogP contribution in [0.1, 0.15) is 21.8 Å². The summed E-state index contributed by atoms with van der Waals surface area (Å²) in [4.78, 5) is 8.80. The Hall–Kier alpha value is -2.44. The molecular weight excluding hydrogens is 276 g/mol. The van der Waals surface area contributed by atoms with E-state index in [1.165, 1.54) is 5.56 Å². The third-order valence-electron chi connectivity index (χ3n) is 3.06. The highest BCUT2D eigenvalue weighted by atomic mass is 32.1. The van der Waals surface area contributed by atoms with Crippen molar-refractivity contribution in [2.75, 3.05) is 0 Å². The Bertz CT molecular complexity index is 803. The largest absolute Gasteiger partial charge is 0.255 e. The van der Waals surface area contributed by atoms with Crippen molar-refractivity contribution in [3.63, 3.8) is 0 Å². The van der Waals surface area contributed by atoms with Crippen LogP contribution in [0.4, 0.5) is 0 Å². The minimum absolute atomic E-state index is 0.820. The molecule has 0 aliphatic rings. The Kier molecular flexibility index (Phi) is 3.81. The average molecular weight is 290 g/mol. The highest BCUT2D eigenvalue weighted by Crippen LogP contribution is 2.17. The van der Waals surface area contributed by atoms with Crippen molar-refractivity contribution in [2.24, 2.45) is 0 Å². The number of aromatic nitrogens is 2. The van der Waals surface area contributed by atoms with Crippen molar-refractivity contribution in [3.05, 3.63) is 69.8 Å². The van der Waals surface area contributed by atoms with E-state index in [0.717, 1.165) is 27.5 Å². The number of hydrogen-bond acceptors (Lipinski definition) is 3. The molecule has 2 aromatic heterocycles. The quantitative estimate of drug-likeness (QED) is 0.627. The van der Waals surface area contributed by atoms with E-state index in [0.29, 0.717) is 0 Å². The molecule has 3 aromatic rings. The molecule has 102 valence electrons. The van der Waals surface area contributed by atoms with Crippen molar-refractivity contribution < 1.29 is 0 Å². The number of benzene rings is 1. The molecule has 0 saturated heterocycles. The van der Waals surface area contributed by atoms with Gasteiger partial charge in [-0.15, -0.1) is 11.3 Å². The smallest absolute Gasteiger partial charge is 0.124 e. The molecule has 0 aliphatic carbocycles. The Morgan fingerprint density at radius 2 is 1.76 bits per heavy atom. The van der Waals surface area contributed by atoms with Gasteiger partial charge in [-0.3, -0.25) is 4.98 Å². The molecule has 0 fully saturated rings. The zero-order valence-electron chi connectivity index (χ0n) is 11.9. The second-order valence-corrected chi connectivity index (χ2v) is 5.86. The van der Waals surface area contributed by atoms with E-state index < -0.39 is 0 Å². The van der Waals surface area contributed by atoms with Crippen molar-refractivity contribution in [1.82, 2.24) is 9.97 Å². The van der Waals surface area contributed by atoms with Gasteiger partial charge in [-0.25, -0.2) is 4.98 Å². The molecule has 0 saturated carbocycles. The summed E-state index contributed by atoms with van der Waals surface area (Å²) in [6.07, 6.45) is 1.81. The summed E-state index contributed by atoms with van der Waals surface area (Å²) in [5, 5.41) is 3.00. The van der Waals surface area contributed by atoms with Gasteiger partial charge in [-0.1, -0.05) is 35.7 Å². The van der Waals surface area contributed by atoms with Crippen molar-refractivity contribution >= 4 is 11.3 Å². The van der Waals surface area contributed by atoms with Crippen LogP contribution in [-0.4, -0.2) is 9.97 Å². The fourth-order valence-corrected chi connectivity index (χ4v) is 2.46. The summed E-state index contributed by atoms with van der Waals surface area (Å²) in [6, 6.07) is 12.3. The lowest BCUT2D eigenvalue weighted by Gasteiger charge is -2.01. The van der Waals surface area contributed by atoms with Crippen molar-refractivity contribution in [2.45, 2.75) is 13.8 Å². The van der Waals surface area contributed by atoms with Gasteiger partial charge in [0.25, 0.3) is 0 Å². The molecule has 0 aliphatic heterocycles. The van der Waals surface area contributed by atoms with E-state index in [9.17, 15) is 0 Å². The second-order valence-electron chi connectivity index (χ2n) is 4.80. The monoisotopic (exact) mass is 290 g/mol. The molecule has 0 atom stereocenters. The van der Waals surface area contributed by atoms with Crippen LogP contribution in [0.25, 0.3) is 11.3 Å². The minimum atomic E-state index is 0.820. The van der Waals surface area contributed by atoms with Gasteiger partial charge in [0.15, 0.2) is 0 Å². The molecule has 2 nitrogen and oxygen atoms in total.